The second-order valence-corrected chi connectivity index (χ2v) is 9.63. The summed E-state index contributed by atoms with van der Waals surface area (Å²) in [6, 6.07) is 11.3. The van der Waals surface area contributed by atoms with E-state index >= 15 is 0 Å². The lowest BCUT2D eigenvalue weighted by Crippen LogP contribution is -2.40. The largest absolute Gasteiger partial charge is 0.349 e. The van der Waals surface area contributed by atoms with Crippen LogP contribution in [0, 0.1) is 5.92 Å². The Morgan fingerprint density at radius 3 is 2.94 bits per heavy atom. The summed E-state index contributed by atoms with van der Waals surface area (Å²) in [6.07, 6.45) is 1.07. The second kappa shape index (κ2) is 8.07. The monoisotopic (exact) mass is 440 g/mol. The van der Waals surface area contributed by atoms with Crippen molar-refractivity contribution in [2.45, 2.75) is 44.3 Å². The molecule has 3 heterocycles. The average molecular weight is 441 g/mol. The molecule has 8 heteroatoms. The fourth-order valence-electron chi connectivity index (χ4n) is 4.29. The number of fused-ring (bicyclic) bond motifs is 1. The Morgan fingerprint density at radius 2 is 2.13 bits per heavy atom. The van der Waals surface area contributed by atoms with E-state index in [1.165, 1.54) is 11.3 Å². The number of imidazole rings is 1. The molecule has 1 aromatic carbocycles. The summed E-state index contributed by atoms with van der Waals surface area (Å²) in [5.74, 6) is 0.789. The quantitative estimate of drug-likeness (QED) is 0.625. The normalized spacial score (nSPS) is 24.2. The molecule has 1 saturated heterocycles. The molecule has 162 valence electrons. The highest BCUT2D eigenvalue weighted by molar-refractivity contribution is 7.14. The van der Waals surface area contributed by atoms with Crippen LogP contribution in [0.4, 0.5) is 4.39 Å². The fourth-order valence-corrected chi connectivity index (χ4v) is 5.27. The van der Waals surface area contributed by atoms with Crippen LogP contribution in [0.3, 0.4) is 0 Å². The second-order valence-electron chi connectivity index (χ2n) is 8.51. The zero-order chi connectivity index (χ0) is 21.5. The van der Waals surface area contributed by atoms with Crippen molar-refractivity contribution in [2.75, 3.05) is 13.1 Å². The van der Waals surface area contributed by atoms with E-state index in [2.05, 4.69) is 15.3 Å². The number of H-pyrrole nitrogens is 1. The average Bonchev–Trinajstić information content (AvgIpc) is 3.21. The van der Waals surface area contributed by atoms with Gasteiger partial charge in [0.05, 0.1) is 28.5 Å². The van der Waals surface area contributed by atoms with E-state index in [1.807, 2.05) is 37.3 Å². The third-order valence-corrected chi connectivity index (χ3v) is 7.42. The maximum Gasteiger partial charge on any atom is 0.264 e. The van der Waals surface area contributed by atoms with Crippen LogP contribution in [0.25, 0.3) is 11.0 Å². The molecular weight excluding hydrogens is 415 g/mol. The van der Waals surface area contributed by atoms with Gasteiger partial charge in [0.15, 0.2) is 0 Å². The molecular formula is C23H25FN4O2S. The number of carbonyl (C=O) groups excluding carboxylic acids is 2. The summed E-state index contributed by atoms with van der Waals surface area (Å²) >= 11 is 1.37. The number of thiophene rings is 1. The molecule has 2 aliphatic rings. The lowest BCUT2D eigenvalue weighted by Gasteiger charge is -2.28. The van der Waals surface area contributed by atoms with E-state index in [0.717, 1.165) is 28.2 Å². The van der Waals surface area contributed by atoms with Crippen molar-refractivity contribution < 1.29 is 14.0 Å². The highest BCUT2D eigenvalue weighted by Crippen LogP contribution is 2.47. The van der Waals surface area contributed by atoms with E-state index in [1.54, 1.807) is 11.0 Å². The van der Waals surface area contributed by atoms with E-state index in [9.17, 15) is 14.0 Å². The zero-order valence-electron chi connectivity index (χ0n) is 17.3. The van der Waals surface area contributed by atoms with Crippen LogP contribution in [0.5, 0.6) is 0 Å². The Bertz CT molecular complexity index is 1090. The molecule has 2 N–H and O–H groups in total. The molecule has 5 rings (SSSR count). The minimum Gasteiger partial charge on any atom is -0.349 e. The Labute approximate surface area is 183 Å². The molecule has 2 amide bonds. The van der Waals surface area contributed by atoms with E-state index < -0.39 is 6.17 Å². The lowest BCUT2D eigenvalue weighted by molar-refractivity contribution is -0.123. The van der Waals surface area contributed by atoms with Gasteiger partial charge in [-0.2, -0.15) is 0 Å². The maximum absolute atomic E-state index is 13.6. The Kier molecular flexibility index (Phi) is 5.25. The first-order valence-electron chi connectivity index (χ1n) is 10.8. The number of nitrogens with zero attached hydrogens (tertiary/aromatic N) is 2. The molecule has 2 aromatic heterocycles. The van der Waals surface area contributed by atoms with Gasteiger partial charge in [-0.1, -0.05) is 12.1 Å². The fraction of sp³-hybridized carbons (Fsp3) is 0.435. The highest BCUT2D eigenvalue weighted by atomic mass is 32.1. The number of aromatic amines is 1. The molecule has 0 spiro atoms. The van der Waals surface area contributed by atoms with E-state index in [-0.39, 0.29) is 36.2 Å². The third kappa shape index (κ3) is 4.08. The van der Waals surface area contributed by atoms with Gasteiger partial charge in [-0.05, 0) is 50.5 Å². The first-order chi connectivity index (χ1) is 15.0. The Morgan fingerprint density at radius 1 is 1.29 bits per heavy atom. The molecule has 6 nitrogen and oxygen atoms in total. The predicted octanol–water partition coefficient (Wildman–Crippen LogP) is 4.18. The third-order valence-electron chi connectivity index (χ3n) is 6.16. The molecule has 31 heavy (non-hydrogen) atoms. The van der Waals surface area contributed by atoms with Crippen molar-refractivity contribution >= 4 is 34.2 Å². The minimum absolute atomic E-state index is 0.00975. The summed E-state index contributed by atoms with van der Waals surface area (Å²) in [5.41, 5.74) is 1.90. The number of benzene rings is 1. The number of hydrogen-bond donors (Lipinski definition) is 2. The van der Waals surface area contributed by atoms with Crippen LogP contribution in [0.15, 0.2) is 36.4 Å². The van der Waals surface area contributed by atoms with Crippen LogP contribution in [-0.4, -0.2) is 45.9 Å². The summed E-state index contributed by atoms with van der Waals surface area (Å²) in [6.45, 7) is 2.70. The number of piperidine rings is 1. The summed E-state index contributed by atoms with van der Waals surface area (Å²) < 4.78 is 13.6. The zero-order valence-corrected chi connectivity index (χ0v) is 18.1. The number of rotatable bonds is 5. The van der Waals surface area contributed by atoms with Gasteiger partial charge in [0.1, 0.15) is 12.0 Å². The van der Waals surface area contributed by atoms with Crippen LogP contribution in [0.2, 0.25) is 0 Å². The minimum atomic E-state index is -0.936. The van der Waals surface area contributed by atoms with Crippen LogP contribution in [0.1, 0.15) is 58.5 Å². The van der Waals surface area contributed by atoms with Crippen molar-refractivity contribution in [3.05, 3.63) is 52.0 Å². The molecule has 1 aliphatic heterocycles. The van der Waals surface area contributed by atoms with Crippen LogP contribution >= 0.6 is 11.3 Å². The Hall–Kier alpha value is -2.74. The number of halogens is 1. The number of hydrogen-bond acceptors (Lipinski definition) is 4. The molecule has 3 aromatic rings. The van der Waals surface area contributed by atoms with Crippen LogP contribution in [-0.2, 0) is 4.79 Å². The molecule has 4 atom stereocenters. The van der Waals surface area contributed by atoms with E-state index in [4.69, 9.17) is 0 Å². The molecule has 0 bridgehead atoms. The van der Waals surface area contributed by atoms with Crippen molar-refractivity contribution in [3.63, 3.8) is 0 Å². The SMILES string of the molecule is CC(NC(=O)[C@@H]1C[C@H]1c1nc2ccccc2[nH]1)c1ccc(C(=O)N2CCCC(F)C2)s1. The maximum atomic E-state index is 13.6. The first-order valence-corrected chi connectivity index (χ1v) is 11.6. The number of aromatic nitrogens is 2. The molecule has 0 radical (unpaired) electrons. The molecule has 1 saturated carbocycles. The summed E-state index contributed by atoms with van der Waals surface area (Å²) in [5, 5.41) is 3.08. The molecule has 2 unspecified atom stereocenters. The smallest absolute Gasteiger partial charge is 0.264 e. The van der Waals surface area contributed by atoms with Crippen molar-refractivity contribution in [3.8, 4) is 0 Å². The summed E-state index contributed by atoms with van der Waals surface area (Å²) in [7, 11) is 0. The van der Waals surface area contributed by atoms with Gasteiger partial charge in [0, 0.05) is 23.3 Å². The highest BCUT2D eigenvalue weighted by Gasteiger charge is 2.46. The Balaban J connectivity index is 1.19. The number of carbonyl (C=O) groups is 2. The van der Waals surface area contributed by atoms with Gasteiger partial charge in [-0.15, -0.1) is 11.3 Å². The number of amides is 2. The van der Waals surface area contributed by atoms with Crippen molar-refractivity contribution in [1.29, 1.82) is 0 Å². The van der Waals surface area contributed by atoms with Gasteiger partial charge in [-0.3, -0.25) is 9.59 Å². The van der Waals surface area contributed by atoms with Crippen LogP contribution < -0.4 is 5.32 Å². The van der Waals surface area contributed by atoms with Gasteiger partial charge in [0.2, 0.25) is 5.91 Å². The van der Waals surface area contributed by atoms with Gasteiger partial charge < -0.3 is 15.2 Å². The molecule has 2 fully saturated rings. The van der Waals surface area contributed by atoms with Gasteiger partial charge >= 0.3 is 0 Å². The molecule has 1 aliphatic carbocycles. The number of likely N-dealkylation sites (tertiary alicyclic amines) is 1. The predicted molar refractivity (Wildman–Crippen MR) is 118 cm³/mol. The van der Waals surface area contributed by atoms with Gasteiger partial charge in [-0.25, -0.2) is 9.37 Å². The lowest BCUT2D eigenvalue weighted by atomic mass is 10.1. The number of para-hydroxylation sites is 2. The van der Waals surface area contributed by atoms with Crippen molar-refractivity contribution in [2.24, 2.45) is 5.92 Å². The van der Waals surface area contributed by atoms with Crippen molar-refractivity contribution in [1.82, 2.24) is 20.2 Å². The van der Waals surface area contributed by atoms with Gasteiger partial charge in [0.25, 0.3) is 5.91 Å². The topological polar surface area (TPSA) is 78.1 Å². The summed E-state index contributed by atoms with van der Waals surface area (Å²) in [4.78, 5) is 36.5. The first kappa shape index (κ1) is 20.2. The van der Waals surface area contributed by atoms with E-state index in [0.29, 0.717) is 24.3 Å². The number of nitrogens with one attached hydrogen (secondary N) is 2. The standard InChI is InChI=1S/C23H25FN4O2S/c1-13(19-8-9-20(31-19)23(30)28-10-4-5-14(24)12-28)25-22(29)16-11-15(16)21-26-17-6-2-3-7-18(17)27-21/h2-3,6-9,13-16H,4-5,10-12H2,1H3,(H,25,29)(H,26,27)/t13?,14?,15-,16-/m1/s1. The number of alkyl halides is 1.